The fourth-order valence-electron chi connectivity index (χ4n) is 2.26. The largest absolute Gasteiger partial charge is 0.475 e. The van der Waals surface area contributed by atoms with E-state index in [1.54, 1.807) is 7.05 Å². The molecule has 0 heterocycles. The van der Waals surface area contributed by atoms with Crippen LogP contribution in [0.25, 0.3) is 0 Å². The van der Waals surface area contributed by atoms with E-state index < -0.39 is 17.8 Å². The van der Waals surface area contributed by atoms with Crippen molar-refractivity contribution >= 4 is 11.8 Å². The summed E-state index contributed by atoms with van der Waals surface area (Å²) in [5.74, 6) is -1.52. The van der Waals surface area contributed by atoms with Crippen molar-refractivity contribution in [2.75, 3.05) is 7.05 Å². The first-order valence-electron chi connectivity index (χ1n) is 5.59. The second kappa shape index (κ2) is 5.85. The standard InChI is InChI=1S/C11H19NO3/c1-12-9(10(13)11(14)15)7-8-5-3-2-4-6-8/h8-9,12H,2-7H2,1H3,(H,14,15). The van der Waals surface area contributed by atoms with Crippen LogP contribution < -0.4 is 5.32 Å². The lowest BCUT2D eigenvalue weighted by molar-refractivity contribution is -0.150. The molecule has 1 unspecified atom stereocenters. The second-order valence-electron chi connectivity index (χ2n) is 4.25. The Kier molecular flexibility index (Phi) is 4.75. The fraction of sp³-hybridized carbons (Fsp3) is 0.818. The summed E-state index contributed by atoms with van der Waals surface area (Å²) < 4.78 is 0. The Morgan fingerprint density at radius 3 is 2.40 bits per heavy atom. The summed E-state index contributed by atoms with van der Waals surface area (Å²) in [6.07, 6.45) is 6.62. The monoisotopic (exact) mass is 213 g/mol. The first-order valence-corrected chi connectivity index (χ1v) is 5.59. The molecule has 0 aromatic rings. The minimum atomic E-state index is -1.33. The van der Waals surface area contributed by atoms with Crippen LogP contribution in [-0.4, -0.2) is 29.9 Å². The molecule has 1 fully saturated rings. The van der Waals surface area contributed by atoms with Crippen LogP contribution in [0.1, 0.15) is 38.5 Å². The molecule has 0 aromatic heterocycles. The number of hydrogen-bond acceptors (Lipinski definition) is 3. The van der Waals surface area contributed by atoms with E-state index in [0.717, 1.165) is 12.8 Å². The van der Waals surface area contributed by atoms with Crippen molar-refractivity contribution in [3.63, 3.8) is 0 Å². The van der Waals surface area contributed by atoms with Gasteiger partial charge in [-0.3, -0.25) is 4.79 Å². The van der Waals surface area contributed by atoms with Gasteiger partial charge in [-0.2, -0.15) is 0 Å². The summed E-state index contributed by atoms with van der Waals surface area (Å²) in [6, 6.07) is -0.509. The highest BCUT2D eigenvalue weighted by molar-refractivity contribution is 6.34. The molecule has 4 nitrogen and oxygen atoms in total. The molecule has 1 atom stereocenters. The summed E-state index contributed by atoms with van der Waals surface area (Å²) in [5.41, 5.74) is 0. The van der Waals surface area contributed by atoms with Gasteiger partial charge in [-0.05, 0) is 19.4 Å². The number of carboxylic acids is 1. The Morgan fingerprint density at radius 2 is 1.93 bits per heavy atom. The highest BCUT2D eigenvalue weighted by atomic mass is 16.4. The Morgan fingerprint density at radius 1 is 1.33 bits per heavy atom. The van der Waals surface area contributed by atoms with E-state index >= 15 is 0 Å². The number of hydrogen-bond donors (Lipinski definition) is 2. The zero-order valence-corrected chi connectivity index (χ0v) is 9.16. The van der Waals surface area contributed by atoms with E-state index in [-0.39, 0.29) is 0 Å². The fourth-order valence-corrected chi connectivity index (χ4v) is 2.26. The topological polar surface area (TPSA) is 66.4 Å². The number of nitrogens with one attached hydrogen (secondary N) is 1. The van der Waals surface area contributed by atoms with Gasteiger partial charge in [-0.1, -0.05) is 32.1 Å². The molecule has 0 aliphatic heterocycles. The molecular formula is C11H19NO3. The number of carboxylic acid groups (broad SMARTS) is 1. The van der Waals surface area contributed by atoms with E-state index in [2.05, 4.69) is 5.32 Å². The molecule has 1 saturated carbocycles. The number of carbonyl (C=O) groups is 2. The van der Waals surface area contributed by atoms with Crippen molar-refractivity contribution in [3.8, 4) is 0 Å². The predicted molar refractivity (Wildman–Crippen MR) is 56.7 cm³/mol. The van der Waals surface area contributed by atoms with Crippen LogP contribution >= 0.6 is 0 Å². The summed E-state index contributed by atoms with van der Waals surface area (Å²) in [7, 11) is 1.65. The molecule has 4 heteroatoms. The van der Waals surface area contributed by atoms with Crippen molar-refractivity contribution in [2.45, 2.75) is 44.6 Å². The Balaban J connectivity index is 2.44. The number of likely N-dealkylation sites (N-methyl/N-ethyl adjacent to an activating group) is 1. The number of Topliss-reactive ketones (excluding diaryl/α,β-unsaturated/α-hetero) is 1. The molecule has 0 radical (unpaired) electrons. The van der Waals surface area contributed by atoms with Crippen LogP contribution in [0, 0.1) is 5.92 Å². The Labute approximate surface area is 90.0 Å². The SMILES string of the molecule is CNC(CC1CCCCC1)C(=O)C(=O)O. The summed E-state index contributed by atoms with van der Waals surface area (Å²) in [6.45, 7) is 0. The minimum Gasteiger partial charge on any atom is -0.475 e. The van der Waals surface area contributed by atoms with Crippen molar-refractivity contribution in [2.24, 2.45) is 5.92 Å². The molecule has 15 heavy (non-hydrogen) atoms. The molecule has 0 aromatic carbocycles. The average molecular weight is 213 g/mol. The average Bonchev–Trinajstić information content (AvgIpc) is 2.26. The maximum absolute atomic E-state index is 11.3. The van der Waals surface area contributed by atoms with Gasteiger partial charge < -0.3 is 10.4 Å². The quantitative estimate of drug-likeness (QED) is 0.673. The van der Waals surface area contributed by atoms with Crippen LogP contribution in [0.15, 0.2) is 0 Å². The maximum atomic E-state index is 11.3. The maximum Gasteiger partial charge on any atom is 0.373 e. The van der Waals surface area contributed by atoms with Gasteiger partial charge in [-0.25, -0.2) is 4.79 Å². The first-order chi connectivity index (χ1) is 7.15. The van der Waals surface area contributed by atoms with E-state index in [0.29, 0.717) is 12.3 Å². The van der Waals surface area contributed by atoms with Gasteiger partial charge in [0.05, 0.1) is 6.04 Å². The number of carbonyl (C=O) groups excluding carboxylic acids is 1. The highest BCUT2D eigenvalue weighted by Crippen LogP contribution is 2.27. The van der Waals surface area contributed by atoms with Crippen LogP contribution in [-0.2, 0) is 9.59 Å². The van der Waals surface area contributed by atoms with Crippen LogP contribution in [0.5, 0.6) is 0 Å². The van der Waals surface area contributed by atoms with Crippen LogP contribution in [0.4, 0.5) is 0 Å². The third-order valence-corrected chi connectivity index (χ3v) is 3.17. The summed E-state index contributed by atoms with van der Waals surface area (Å²) in [4.78, 5) is 21.8. The van der Waals surface area contributed by atoms with Gasteiger partial charge in [0.25, 0.3) is 5.78 Å². The van der Waals surface area contributed by atoms with Gasteiger partial charge in [0.1, 0.15) is 0 Å². The lowest BCUT2D eigenvalue weighted by Gasteiger charge is -2.24. The smallest absolute Gasteiger partial charge is 0.373 e. The highest BCUT2D eigenvalue weighted by Gasteiger charge is 2.26. The molecular weight excluding hydrogens is 194 g/mol. The van der Waals surface area contributed by atoms with Crippen molar-refractivity contribution in [1.82, 2.24) is 5.32 Å². The zero-order chi connectivity index (χ0) is 11.3. The van der Waals surface area contributed by atoms with Crippen molar-refractivity contribution in [3.05, 3.63) is 0 Å². The summed E-state index contributed by atoms with van der Waals surface area (Å²) >= 11 is 0. The third-order valence-electron chi connectivity index (χ3n) is 3.17. The summed E-state index contributed by atoms with van der Waals surface area (Å²) in [5, 5.41) is 11.4. The molecule has 0 bridgehead atoms. The van der Waals surface area contributed by atoms with Gasteiger partial charge in [0, 0.05) is 0 Å². The van der Waals surface area contributed by atoms with Gasteiger partial charge in [0.2, 0.25) is 0 Å². The number of aliphatic carboxylic acids is 1. The molecule has 86 valence electrons. The molecule has 0 saturated heterocycles. The van der Waals surface area contributed by atoms with Crippen LogP contribution in [0.2, 0.25) is 0 Å². The molecule has 2 N–H and O–H groups in total. The number of ketones is 1. The lowest BCUT2D eigenvalue weighted by atomic mass is 9.84. The van der Waals surface area contributed by atoms with E-state index in [1.165, 1.54) is 19.3 Å². The second-order valence-corrected chi connectivity index (χ2v) is 4.25. The number of rotatable bonds is 5. The third kappa shape index (κ3) is 3.63. The molecule has 0 amide bonds. The normalized spacial score (nSPS) is 19.8. The zero-order valence-electron chi connectivity index (χ0n) is 9.16. The van der Waals surface area contributed by atoms with Crippen LogP contribution in [0.3, 0.4) is 0 Å². The lowest BCUT2D eigenvalue weighted by Crippen LogP contribution is -2.40. The van der Waals surface area contributed by atoms with Gasteiger partial charge in [0.15, 0.2) is 0 Å². The van der Waals surface area contributed by atoms with Crippen molar-refractivity contribution in [1.29, 1.82) is 0 Å². The Bertz CT molecular complexity index is 234. The van der Waals surface area contributed by atoms with Gasteiger partial charge in [-0.15, -0.1) is 0 Å². The van der Waals surface area contributed by atoms with Crippen molar-refractivity contribution < 1.29 is 14.7 Å². The van der Waals surface area contributed by atoms with Gasteiger partial charge >= 0.3 is 5.97 Å². The molecule has 1 aliphatic rings. The predicted octanol–water partition coefficient (Wildman–Crippen LogP) is 1.20. The molecule has 1 aliphatic carbocycles. The molecule has 1 rings (SSSR count). The van der Waals surface area contributed by atoms with E-state index in [1.807, 2.05) is 0 Å². The van der Waals surface area contributed by atoms with E-state index in [4.69, 9.17) is 5.11 Å². The Hall–Kier alpha value is -0.900. The van der Waals surface area contributed by atoms with E-state index in [9.17, 15) is 9.59 Å². The first kappa shape index (κ1) is 12.2. The molecule has 0 spiro atoms. The minimum absolute atomic E-state index is 0.509.